The number of amides is 3. The van der Waals surface area contributed by atoms with E-state index in [1.165, 1.54) is 0 Å². The first kappa shape index (κ1) is 19.3. The third-order valence-electron chi connectivity index (χ3n) is 6.09. The minimum absolute atomic E-state index is 0.00689. The lowest BCUT2D eigenvalue weighted by Crippen LogP contribution is -2.62. The fourth-order valence-electron chi connectivity index (χ4n) is 4.60. The number of nitrogens with one attached hydrogen (secondary N) is 1. The van der Waals surface area contributed by atoms with Crippen molar-refractivity contribution in [2.24, 2.45) is 0 Å². The number of rotatable bonds is 4. The maximum Gasteiger partial charge on any atom is 0.257 e. The van der Waals surface area contributed by atoms with Crippen molar-refractivity contribution >= 4 is 40.2 Å². The van der Waals surface area contributed by atoms with Crippen molar-refractivity contribution in [2.75, 3.05) is 16.8 Å². The van der Waals surface area contributed by atoms with E-state index in [-0.39, 0.29) is 30.7 Å². The number of nitrogens with zero attached hydrogens (tertiary/aromatic N) is 3. The number of carbonyl (C=O) groups excluding carboxylic acids is 3. The monoisotopic (exact) mass is 418 g/mol. The standard InChI is InChI=1S/C23H22N4O4/c1-14-24-17-8-7-15(13-19(17)31-14)25-20(28)10-12-26-22(30)16-5-3-4-6-18(16)27-21(29)9-11-23(26,27)2/h3-8,13H,9-12H2,1-2H3,(H,25,28). The molecule has 1 fully saturated rings. The maximum atomic E-state index is 13.2. The van der Waals surface area contributed by atoms with Gasteiger partial charge in [-0.05, 0) is 37.6 Å². The number of hydrogen-bond donors (Lipinski definition) is 1. The van der Waals surface area contributed by atoms with Crippen LogP contribution >= 0.6 is 0 Å². The molecule has 1 N–H and O–H groups in total. The molecular formula is C23H22N4O4. The lowest BCUT2D eigenvalue weighted by atomic mass is 9.98. The number of oxazole rings is 1. The van der Waals surface area contributed by atoms with Gasteiger partial charge >= 0.3 is 0 Å². The van der Waals surface area contributed by atoms with Crippen LogP contribution in [-0.4, -0.2) is 39.8 Å². The van der Waals surface area contributed by atoms with E-state index < -0.39 is 5.66 Å². The molecule has 158 valence electrons. The van der Waals surface area contributed by atoms with Crippen LogP contribution in [0.2, 0.25) is 0 Å². The van der Waals surface area contributed by atoms with Crippen LogP contribution in [-0.2, 0) is 9.59 Å². The Kier molecular flexibility index (Phi) is 4.32. The van der Waals surface area contributed by atoms with Crippen molar-refractivity contribution in [2.45, 2.75) is 38.8 Å². The fraction of sp³-hybridized carbons (Fsp3) is 0.304. The van der Waals surface area contributed by atoms with Gasteiger partial charge in [-0.15, -0.1) is 0 Å². The van der Waals surface area contributed by atoms with E-state index in [0.29, 0.717) is 41.3 Å². The predicted molar refractivity (Wildman–Crippen MR) is 115 cm³/mol. The molecule has 3 aromatic rings. The van der Waals surface area contributed by atoms with Crippen LogP contribution in [0.4, 0.5) is 11.4 Å². The van der Waals surface area contributed by atoms with Crippen LogP contribution in [0.3, 0.4) is 0 Å². The molecule has 0 aliphatic carbocycles. The highest BCUT2D eigenvalue weighted by molar-refractivity contribution is 6.10. The molecule has 8 heteroatoms. The maximum absolute atomic E-state index is 13.2. The Morgan fingerprint density at radius 2 is 2.03 bits per heavy atom. The van der Waals surface area contributed by atoms with Crippen LogP contribution in [0, 0.1) is 6.92 Å². The minimum atomic E-state index is -0.765. The number of benzene rings is 2. The van der Waals surface area contributed by atoms with Crippen molar-refractivity contribution in [1.29, 1.82) is 0 Å². The molecule has 1 unspecified atom stereocenters. The number of hydrogen-bond acceptors (Lipinski definition) is 5. The predicted octanol–water partition coefficient (Wildman–Crippen LogP) is 3.46. The van der Waals surface area contributed by atoms with Crippen LogP contribution < -0.4 is 10.2 Å². The van der Waals surface area contributed by atoms with Gasteiger partial charge in [-0.3, -0.25) is 19.3 Å². The first-order valence-corrected chi connectivity index (χ1v) is 10.3. The van der Waals surface area contributed by atoms with Crippen LogP contribution in [0.15, 0.2) is 46.9 Å². The molecule has 1 aromatic heterocycles. The van der Waals surface area contributed by atoms with Gasteiger partial charge in [0.25, 0.3) is 5.91 Å². The summed E-state index contributed by atoms with van der Waals surface area (Å²) in [5, 5.41) is 2.85. The summed E-state index contributed by atoms with van der Waals surface area (Å²) in [6.07, 6.45) is 1.02. The van der Waals surface area contributed by atoms with Gasteiger partial charge in [0, 0.05) is 38.1 Å². The average molecular weight is 418 g/mol. The largest absolute Gasteiger partial charge is 0.441 e. The molecule has 3 amide bonds. The lowest BCUT2D eigenvalue weighted by molar-refractivity contribution is -0.117. The highest BCUT2D eigenvalue weighted by Crippen LogP contribution is 2.43. The van der Waals surface area contributed by atoms with E-state index in [9.17, 15) is 14.4 Å². The highest BCUT2D eigenvalue weighted by atomic mass is 16.3. The second-order valence-corrected chi connectivity index (χ2v) is 8.13. The number of aryl methyl sites for hydroxylation is 1. The van der Waals surface area contributed by atoms with Crippen LogP contribution in [0.5, 0.6) is 0 Å². The number of para-hydroxylation sites is 1. The van der Waals surface area contributed by atoms with Gasteiger partial charge in [0.05, 0.1) is 11.3 Å². The Labute approximate surface area is 178 Å². The summed E-state index contributed by atoms with van der Waals surface area (Å²) in [5.41, 5.74) is 2.31. The van der Waals surface area contributed by atoms with Gasteiger partial charge in [0.15, 0.2) is 11.5 Å². The van der Waals surface area contributed by atoms with Gasteiger partial charge in [0.2, 0.25) is 11.8 Å². The molecular weight excluding hydrogens is 396 g/mol. The molecule has 1 saturated heterocycles. The SMILES string of the molecule is Cc1nc2ccc(NC(=O)CCN3C(=O)c4ccccc4N4C(=O)CCC34C)cc2o1. The number of fused-ring (bicyclic) bond motifs is 4. The zero-order valence-electron chi connectivity index (χ0n) is 17.3. The van der Waals surface area contributed by atoms with E-state index in [0.717, 1.165) is 5.52 Å². The highest BCUT2D eigenvalue weighted by Gasteiger charge is 2.52. The normalized spacial score (nSPS) is 20.2. The van der Waals surface area contributed by atoms with Gasteiger partial charge in [-0.25, -0.2) is 4.98 Å². The topological polar surface area (TPSA) is 95.8 Å². The van der Waals surface area contributed by atoms with Crippen molar-refractivity contribution < 1.29 is 18.8 Å². The van der Waals surface area contributed by atoms with E-state index in [2.05, 4.69) is 10.3 Å². The summed E-state index contributed by atoms with van der Waals surface area (Å²) in [5.74, 6) is 0.177. The number of anilines is 2. The molecule has 0 spiro atoms. The second-order valence-electron chi connectivity index (χ2n) is 8.13. The molecule has 0 saturated carbocycles. The van der Waals surface area contributed by atoms with Gasteiger partial charge in [-0.2, -0.15) is 0 Å². The Bertz CT molecular complexity index is 1230. The summed E-state index contributed by atoms with van der Waals surface area (Å²) in [7, 11) is 0. The first-order valence-electron chi connectivity index (χ1n) is 10.3. The fourth-order valence-corrected chi connectivity index (χ4v) is 4.60. The summed E-state index contributed by atoms with van der Waals surface area (Å²) >= 11 is 0. The molecule has 31 heavy (non-hydrogen) atoms. The number of aromatic nitrogens is 1. The molecule has 2 aliphatic rings. The lowest BCUT2D eigenvalue weighted by Gasteiger charge is -2.48. The van der Waals surface area contributed by atoms with E-state index in [4.69, 9.17) is 4.42 Å². The zero-order chi connectivity index (χ0) is 21.8. The van der Waals surface area contributed by atoms with Crippen LogP contribution in [0.1, 0.15) is 42.4 Å². The second kappa shape index (κ2) is 6.94. The van der Waals surface area contributed by atoms with Gasteiger partial charge in [-0.1, -0.05) is 12.1 Å². The van der Waals surface area contributed by atoms with Crippen molar-refractivity contribution in [3.63, 3.8) is 0 Å². The molecule has 0 bridgehead atoms. The smallest absolute Gasteiger partial charge is 0.257 e. The molecule has 5 rings (SSSR count). The summed E-state index contributed by atoms with van der Waals surface area (Å²) in [6, 6.07) is 12.4. The van der Waals surface area contributed by atoms with Crippen molar-refractivity contribution in [3.8, 4) is 0 Å². The van der Waals surface area contributed by atoms with E-state index >= 15 is 0 Å². The molecule has 1 atom stereocenters. The zero-order valence-corrected chi connectivity index (χ0v) is 17.3. The Morgan fingerprint density at radius 1 is 1.23 bits per heavy atom. The van der Waals surface area contributed by atoms with Gasteiger partial charge < -0.3 is 14.6 Å². The Morgan fingerprint density at radius 3 is 2.87 bits per heavy atom. The average Bonchev–Trinajstić information content (AvgIpc) is 3.26. The van der Waals surface area contributed by atoms with Crippen LogP contribution in [0.25, 0.3) is 11.1 Å². The third-order valence-corrected chi connectivity index (χ3v) is 6.09. The van der Waals surface area contributed by atoms with Crippen molar-refractivity contribution in [3.05, 3.63) is 53.9 Å². The Hall–Kier alpha value is -3.68. The molecule has 3 heterocycles. The summed E-state index contributed by atoms with van der Waals surface area (Å²) in [6.45, 7) is 3.87. The minimum Gasteiger partial charge on any atom is -0.441 e. The van der Waals surface area contributed by atoms with Gasteiger partial charge in [0.1, 0.15) is 11.2 Å². The third kappa shape index (κ3) is 3.06. The quantitative estimate of drug-likeness (QED) is 0.700. The first-order chi connectivity index (χ1) is 14.9. The van der Waals surface area contributed by atoms with E-state index in [1.807, 2.05) is 13.0 Å². The summed E-state index contributed by atoms with van der Waals surface area (Å²) < 4.78 is 5.51. The molecule has 8 nitrogen and oxygen atoms in total. The van der Waals surface area contributed by atoms with E-state index in [1.54, 1.807) is 53.1 Å². The molecule has 0 radical (unpaired) electrons. The summed E-state index contributed by atoms with van der Waals surface area (Å²) in [4.78, 5) is 46.1. The molecule has 2 aromatic carbocycles. The van der Waals surface area contributed by atoms with Crippen molar-refractivity contribution in [1.82, 2.24) is 9.88 Å². The number of carbonyl (C=O) groups is 3. The molecule has 2 aliphatic heterocycles. The Balaban J connectivity index is 1.34.